The standard InChI is InChI=1S/C10H14N2O8/c1-6(19-17)11-3-4-12(5-8(13)14,7(2)20-18)9(11)10(15)16/h9H,1-5H2,(H3-,13,14,15,16,17,18)/p+1. The smallest absolute Gasteiger partial charge is 0.385 e. The lowest BCUT2D eigenvalue weighted by Gasteiger charge is -2.35. The average molecular weight is 291 g/mol. The van der Waals surface area contributed by atoms with Crippen molar-refractivity contribution in [1.82, 2.24) is 4.90 Å². The molecule has 112 valence electrons. The number of carboxylic acid groups (broad SMARTS) is 2. The van der Waals surface area contributed by atoms with Gasteiger partial charge in [0.05, 0.1) is 6.54 Å². The maximum Gasteiger partial charge on any atom is 0.385 e. The second kappa shape index (κ2) is 5.77. The van der Waals surface area contributed by atoms with Gasteiger partial charge in [-0.2, -0.15) is 5.26 Å². The highest BCUT2D eigenvalue weighted by atomic mass is 17.1. The predicted molar refractivity (Wildman–Crippen MR) is 61.5 cm³/mol. The highest BCUT2D eigenvalue weighted by Crippen LogP contribution is 2.32. The first-order chi connectivity index (χ1) is 9.30. The first-order valence-electron chi connectivity index (χ1n) is 5.39. The number of hydrogen-bond donors (Lipinski definition) is 4. The molecule has 0 aromatic rings. The lowest BCUT2D eigenvalue weighted by Crippen LogP contribution is -2.60. The lowest BCUT2D eigenvalue weighted by molar-refractivity contribution is -0.914. The number of carbonyl (C=O) groups is 2. The van der Waals surface area contributed by atoms with E-state index in [0.29, 0.717) is 0 Å². The van der Waals surface area contributed by atoms with Crippen molar-refractivity contribution in [2.75, 3.05) is 19.6 Å². The van der Waals surface area contributed by atoms with E-state index in [1.54, 1.807) is 0 Å². The number of quaternary nitrogens is 1. The highest BCUT2D eigenvalue weighted by Gasteiger charge is 2.57. The quantitative estimate of drug-likeness (QED) is 0.212. The van der Waals surface area contributed by atoms with Gasteiger partial charge in [-0.05, 0) is 6.58 Å². The van der Waals surface area contributed by atoms with Gasteiger partial charge in [0.2, 0.25) is 5.88 Å². The van der Waals surface area contributed by atoms with Crippen LogP contribution in [0.2, 0.25) is 0 Å². The van der Waals surface area contributed by atoms with Gasteiger partial charge < -0.3 is 15.1 Å². The van der Waals surface area contributed by atoms with Gasteiger partial charge in [0.15, 0.2) is 6.54 Å². The SMILES string of the molecule is C=C(OO)N1CC[N+](CC(=O)O)(C(=C)OO)C1C(=O)O. The summed E-state index contributed by atoms with van der Waals surface area (Å²) in [6, 6.07) is 0. The largest absolute Gasteiger partial charge is 0.477 e. The van der Waals surface area contributed by atoms with E-state index in [4.69, 9.17) is 15.6 Å². The summed E-state index contributed by atoms with van der Waals surface area (Å²) in [5, 5.41) is 35.6. The molecule has 0 aromatic carbocycles. The summed E-state index contributed by atoms with van der Waals surface area (Å²) in [5.74, 6) is -3.55. The van der Waals surface area contributed by atoms with Crippen LogP contribution in [0.15, 0.2) is 24.9 Å². The number of carboxylic acids is 2. The molecule has 1 fully saturated rings. The molecular weight excluding hydrogens is 276 g/mol. The Labute approximate surface area is 113 Å². The highest BCUT2D eigenvalue weighted by molar-refractivity contribution is 5.74. The third-order valence-corrected chi connectivity index (χ3v) is 3.17. The fraction of sp³-hybridized carbons (Fsp3) is 0.400. The van der Waals surface area contributed by atoms with Crippen LogP contribution in [0.5, 0.6) is 0 Å². The fourth-order valence-electron chi connectivity index (χ4n) is 2.29. The summed E-state index contributed by atoms with van der Waals surface area (Å²) in [4.78, 5) is 31.3. The zero-order chi connectivity index (χ0) is 15.5. The van der Waals surface area contributed by atoms with Crippen molar-refractivity contribution in [3.05, 3.63) is 24.9 Å². The molecule has 20 heavy (non-hydrogen) atoms. The molecule has 0 amide bonds. The van der Waals surface area contributed by atoms with E-state index in [2.05, 4.69) is 22.9 Å². The van der Waals surface area contributed by atoms with E-state index in [-0.39, 0.29) is 19.0 Å². The van der Waals surface area contributed by atoms with Gasteiger partial charge in [-0.25, -0.2) is 19.3 Å². The zero-order valence-electron chi connectivity index (χ0n) is 10.4. The molecule has 1 heterocycles. The van der Waals surface area contributed by atoms with Crippen molar-refractivity contribution in [1.29, 1.82) is 0 Å². The second-order valence-electron chi connectivity index (χ2n) is 4.18. The maximum absolute atomic E-state index is 11.4. The van der Waals surface area contributed by atoms with Crippen LogP contribution in [0, 0.1) is 0 Å². The minimum Gasteiger partial charge on any atom is -0.477 e. The summed E-state index contributed by atoms with van der Waals surface area (Å²) < 4.78 is -0.788. The molecule has 0 aromatic heterocycles. The topological polar surface area (TPSA) is 137 Å². The normalized spacial score (nSPS) is 25.1. The molecule has 4 N–H and O–H groups in total. The van der Waals surface area contributed by atoms with E-state index in [1.165, 1.54) is 0 Å². The minimum absolute atomic E-state index is 0.00597. The van der Waals surface area contributed by atoms with E-state index < -0.39 is 35.0 Å². The zero-order valence-corrected chi connectivity index (χ0v) is 10.4. The lowest BCUT2D eigenvalue weighted by atomic mass is 10.3. The van der Waals surface area contributed by atoms with E-state index in [9.17, 15) is 14.7 Å². The molecule has 0 saturated carbocycles. The second-order valence-corrected chi connectivity index (χ2v) is 4.18. The van der Waals surface area contributed by atoms with Crippen LogP contribution in [0.4, 0.5) is 0 Å². The molecule has 2 atom stereocenters. The van der Waals surface area contributed by atoms with Gasteiger partial charge in [-0.15, -0.1) is 0 Å². The Hall–Kier alpha value is -2.30. The Morgan fingerprint density at radius 1 is 1.25 bits per heavy atom. The number of rotatable bonds is 7. The molecule has 0 spiro atoms. The Morgan fingerprint density at radius 3 is 2.25 bits per heavy atom. The molecule has 0 aliphatic carbocycles. The van der Waals surface area contributed by atoms with Crippen LogP contribution < -0.4 is 0 Å². The first-order valence-corrected chi connectivity index (χ1v) is 5.39. The van der Waals surface area contributed by atoms with Crippen LogP contribution >= 0.6 is 0 Å². The predicted octanol–water partition coefficient (Wildman–Crippen LogP) is -0.464. The van der Waals surface area contributed by atoms with Crippen molar-refractivity contribution >= 4 is 11.9 Å². The molecule has 1 saturated heterocycles. The summed E-state index contributed by atoms with van der Waals surface area (Å²) in [7, 11) is 0. The van der Waals surface area contributed by atoms with E-state index >= 15 is 0 Å². The Morgan fingerprint density at radius 2 is 1.85 bits per heavy atom. The Bertz CT molecular complexity index is 451. The summed E-state index contributed by atoms with van der Waals surface area (Å²) >= 11 is 0. The van der Waals surface area contributed by atoms with E-state index in [0.717, 1.165) is 4.90 Å². The van der Waals surface area contributed by atoms with Gasteiger partial charge in [0.25, 0.3) is 6.17 Å². The summed E-state index contributed by atoms with van der Waals surface area (Å²) in [6.45, 7) is 5.93. The fourth-order valence-corrected chi connectivity index (χ4v) is 2.29. The Balaban J connectivity index is 3.28. The third kappa shape index (κ3) is 2.52. The third-order valence-electron chi connectivity index (χ3n) is 3.17. The minimum atomic E-state index is -1.52. The van der Waals surface area contributed by atoms with Gasteiger partial charge >= 0.3 is 17.8 Å². The van der Waals surface area contributed by atoms with Crippen molar-refractivity contribution in [2.45, 2.75) is 6.17 Å². The monoisotopic (exact) mass is 291 g/mol. The van der Waals surface area contributed by atoms with Crippen LogP contribution in [0.3, 0.4) is 0 Å². The van der Waals surface area contributed by atoms with Crippen LogP contribution in [-0.2, 0) is 19.4 Å². The van der Waals surface area contributed by atoms with Crippen molar-refractivity contribution < 1.29 is 44.6 Å². The number of hydrogen-bond acceptors (Lipinski definition) is 7. The van der Waals surface area contributed by atoms with Gasteiger partial charge in [-0.3, -0.25) is 9.79 Å². The number of nitrogens with zero attached hydrogens (tertiary/aromatic N) is 2. The maximum atomic E-state index is 11.4. The molecule has 10 nitrogen and oxygen atoms in total. The van der Waals surface area contributed by atoms with Crippen LogP contribution in [0.25, 0.3) is 0 Å². The molecule has 10 heteroatoms. The number of aliphatic carboxylic acids is 2. The van der Waals surface area contributed by atoms with Gasteiger partial charge in [0.1, 0.15) is 6.54 Å². The molecule has 1 aliphatic rings. The summed E-state index contributed by atoms with van der Waals surface area (Å²) in [6.07, 6.45) is -1.52. The Kier molecular flexibility index (Phi) is 4.55. The molecule has 1 rings (SSSR count). The molecular formula is C10H15N2O8+. The molecule has 0 bridgehead atoms. The van der Waals surface area contributed by atoms with Gasteiger partial charge in [0, 0.05) is 6.58 Å². The van der Waals surface area contributed by atoms with Crippen molar-refractivity contribution in [3.8, 4) is 0 Å². The molecule has 2 unspecified atom stereocenters. The average Bonchev–Trinajstić information content (AvgIpc) is 2.76. The van der Waals surface area contributed by atoms with Gasteiger partial charge in [-0.1, -0.05) is 0 Å². The molecule has 1 aliphatic heterocycles. The van der Waals surface area contributed by atoms with Crippen molar-refractivity contribution in [3.63, 3.8) is 0 Å². The van der Waals surface area contributed by atoms with E-state index in [1.807, 2.05) is 0 Å². The first kappa shape index (κ1) is 15.8. The van der Waals surface area contributed by atoms with Crippen molar-refractivity contribution in [2.24, 2.45) is 0 Å². The molecule has 0 radical (unpaired) electrons. The van der Waals surface area contributed by atoms with Crippen LogP contribution in [-0.4, -0.2) is 67.8 Å². The summed E-state index contributed by atoms with van der Waals surface area (Å²) in [5.41, 5.74) is 0. The van der Waals surface area contributed by atoms with Crippen LogP contribution in [0.1, 0.15) is 0 Å².